The van der Waals surface area contributed by atoms with E-state index in [1.807, 2.05) is 38.6 Å². The summed E-state index contributed by atoms with van der Waals surface area (Å²) in [6.45, 7) is 7.35. The van der Waals surface area contributed by atoms with Crippen molar-refractivity contribution in [3.8, 4) is 0 Å². The minimum atomic E-state index is 0.138. The summed E-state index contributed by atoms with van der Waals surface area (Å²) in [5.74, 6) is 0.723. The molecule has 4 nitrogen and oxygen atoms in total. The van der Waals surface area contributed by atoms with Crippen LogP contribution in [0.5, 0.6) is 0 Å². The molecule has 0 radical (unpaired) electrons. The summed E-state index contributed by atoms with van der Waals surface area (Å²) in [5.41, 5.74) is 0. The Kier molecular flexibility index (Phi) is 6.79. The summed E-state index contributed by atoms with van der Waals surface area (Å²) in [4.78, 5) is 14.3. The van der Waals surface area contributed by atoms with Gasteiger partial charge in [-0.05, 0) is 45.5 Å². The van der Waals surface area contributed by atoms with Crippen LogP contribution in [0, 0.1) is 5.92 Å². The maximum Gasteiger partial charge on any atom is 0.222 e. The van der Waals surface area contributed by atoms with Crippen LogP contribution in [-0.4, -0.2) is 42.1 Å². The van der Waals surface area contributed by atoms with Crippen molar-refractivity contribution in [3.63, 3.8) is 0 Å². The molecule has 0 aliphatic rings. The third-order valence-corrected chi connectivity index (χ3v) is 3.32. The van der Waals surface area contributed by atoms with Crippen LogP contribution in [0.25, 0.3) is 0 Å². The Hall–Kier alpha value is -1.29. The van der Waals surface area contributed by atoms with Crippen molar-refractivity contribution in [3.05, 3.63) is 24.5 Å². The molecule has 1 amide bonds. The first-order chi connectivity index (χ1) is 9.38. The van der Waals surface area contributed by atoms with Gasteiger partial charge < -0.3 is 14.8 Å². The van der Waals surface area contributed by atoms with Crippen LogP contribution in [0.15, 0.2) is 24.5 Å². The lowest BCUT2D eigenvalue weighted by Gasteiger charge is -2.25. The highest BCUT2D eigenvalue weighted by Crippen LogP contribution is 2.12. The second-order valence-electron chi connectivity index (χ2n) is 6.34. The highest BCUT2D eigenvalue weighted by Gasteiger charge is 2.17. The first kappa shape index (κ1) is 16.8. The van der Waals surface area contributed by atoms with Gasteiger partial charge in [0.1, 0.15) is 0 Å². The average molecular weight is 279 g/mol. The summed E-state index contributed by atoms with van der Waals surface area (Å²) in [5, 5.41) is 3.18. The third-order valence-electron chi connectivity index (χ3n) is 3.32. The molecule has 1 heterocycles. The molecule has 20 heavy (non-hydrogen) atoms. The van der Waals surface area contributed by atoms with E-state index in [0.29, 0.717) is 12.3 Å². The number of amides is 1. The fourth-order valence-corrected chi connectivity index (χ4v) is 2.49. The SMILES string of the molecule is CC(C)CC(CN(C)C)NC(=O)CC(C)n1cccc1. The van der Waals surface area contributed by atoms with Crippen molar-refractivity contribution < 1.29 is 4.79 Å². The lowest BCUT2D eigenvalue weighted by molar-refractivity contribution is -0.122. The van der Waals surface area contributed by atoms with Gasteiger partial charge in [-0.25, -0.2) is 0 Å². The molecule has 1 aromatic rings. The van der Waals surface area contributed by atoms with Crippen LogP contribution in [0.4, 0.5) is 0 Å². The van der Waals surface area contributed by atoms with E-state index in [9.17, 15) is 4.79 Å². The maximum absolute atomic E-state index is 12.2. The molecule has 0 saturated carbocycles. The van der Waals surface area contributed by atoms with Crippen molar-refractivity contribution >= 4 is 5.91 Å². The van der Waals surface area contributed by atoms with Crippen molar-refractivity contribution in [1.82, 2.24) is 14.8 Å². The second-order valence-corrected chi connectivity index (χ2v) is 6.34. The number of hydrogen-bond donors (Lipinski definition) is 1. The second kappa shape index (κ2) is 8.10. The van der Waals surface area contributed by atoms with E-state index >= 15 is 0 Å². The van der Waals surface area contributed by atoms with Crippen LogP contribution in [-0.2, 0) is 4.79 Å². The number of rotatable bonds is 8. The first-order valence-electron chi connectivity index (χ1n) is 7.45. The van der Waals surface area contributed by atoms with Crippen molar-refractivity contribution in [2.45, 2.75) is 45.7 Å². The standard InChI is InChI=1S/C16H29N3O/c1-13(2)10-15(12-18(4)5)17-16(20)11-14(3)19-8-6-7-9-19/h6-9,13-15H,10-12H2,1-5H3,(H,17,20). The highest BCUT2D eigenvalue weighted by molar-refractivity contribution is 5.76. The van der Waals surface area contributed by atoms with Gasteiger partial charge in [-0.1, -0.05) is 13.8 Å². The highest BCUT2D eigenvalue weighted by atomic mass is 16.1. The largest absolute Gasteiger partial charge is 0.352 e. The van der Waals surface area contributed by atoms with Gasteiger partial charge in [-0.3, -0.25) is 4.79 Å². The fraction of sp³-hybridized carbons (Fsp3) is 0.688. The molecule has 4 heteroatoms. The van der Waals surface area contributed by atoms with Gasteiger partial charge in [-0.2, -0.15) is 0 Å². The Morgan fingerprint density at radius 2 is 1.80 bits per heavy atom. The molecule has 2 unspecified atom stereocenters. The summed E-state index contributed by atoms with van der Waals surface area (Å²) in [6.07, 6.45) is 5.55. The summed E-state index contributed by atoms with van der Waals surface area (Å²) < 4.78 is 2.07. The average Bonchev–Trinajstić information content (AvgIpc) is 2.79. The van der Waals surface area contributed by atoms with Crippen LogP contribution in [0.2, 0.25) is 0 Å². The normalized spacial score (nSPS) is 14.6. The topological polar surface area (TPSA) is 37.3 Å². The van der Waals surface area contributed by atoms with E-state index < -0.39 is 0 Å². The van der Waals surface area contributed by atoms with Gasteiger partial charge in [0.2, 0.25) is 5.91 Å². The van der Waals surface area contributed by atoms with E-state index in [1.165, 1.54) is 0 Å². The summed E-state index contributed by atoms with van der Waals surface area (Å²) >= 11 is 0. The number of carbonyl (C=O) groups excluding carboxylic acids is 1. The predicted molar refractivity (Wildman–Crippen MR) is 83.7 cm³/mol. The molecule has 2 atom stereocenters. The Bertz CT molecular complexity index is 374. The van der Waals surface area contributed by atoms with Crippen LogP contribution >= 0.6 is 0 Å². The number of likely N-dealkylation sites (N-methyl/N-ethyl adjacent to an activating group) is 1. The molecule has 1 aromatic heterocycles. The molecule has 0 aliphatic carbocycles. The lowest BCUT2D eigenvalue weighted by atomic mass is 10.0. The maximum atomic E-state index is 12.2. The predicted octanol–water partition coefficient (Wildman–Crippen LogP) is 2.53. The molecule has 114 valence electrons. The zero-order chi connectivity index (χ0) is 15.1. The minimum Gasteiger partial charge on any atom is -0.352 e. The molecule has 0 aromatic carbocycles. The number of carbonyl (C=O) groups is 1. The van der Waals surface area contributed by atoms with Crippen LogP contribution < -0.4 is 5.32 Å². The van der Waals surface area contributed by atoms with Gasteiger partial charge in [0, 0.05) is 37.4 Å². The number of nitrogens with one attached hydrogen (secondary N) is 1. The zero-order valence-electron chi connectivity index (χ0n) is 13.5. The zero-order valence-corrected chi connectivity index (χ0v) is 13.5. The van der Waals surface area contributed by atoms with Gasteiger partial charge in [0.05, 0.1) is 0 Å². The smallest absolute Gasteiger partial charge is 0.222 e. The van der Waals surface area contributed by atoms with Crippen molar-refractivity contribution in [2.75, 3.05) is 20.6 Å². The van der Waals surface area contributed by atoms with Crippen LogP contribution in [0.1, 0.15) is 39.7 Å². The monoisotopic (exact) mass is 279 g/mol. The Labute approximate surface area is 123 Å². The van der Waals surface area contributed by atoms with Crippen molar-refractivity contribution in [1.29, 1.82) is 0 Å². The molecular weight excluding hydrogens is 250 g/mol. The van der Waals surface area contributed by atoms with Gasteiger partial charge >= 0.3 is 0 Å². The molecular formula is C16H29N3O. The molecule has 0 bridgehead atoms. The van der Waals surface area contributed by atoms with Crippen LogP contribution in [0.3, 0.4) is 0 Å². The number of hydrogen-bond acceptors (Lipinski definition) is 2. The molecule has 0 fully saturated rings. The van der Waals surface area contributed by atoms with Crippen molar-refractivity contribution in [2.24, 2.45) is 5.92 Å². The van der Waals surface area contributed by atoms with E-state index in [-0.39, 0.29) is 18.0 Å². The van der Waals surface area contributed by atoms with Gasteiger partial charge in [0.25, 0.3) is 0 Å². The molecule has 0 spiro atoms. The lowest BCUT2D eigenvalue weighted by Crippen LogP contribution is -2.43. The van der Waals surface area contributed by atoms with Gasteiger partial charge in [0.15, 0.2) is 0 Å². The Balaban J connectivity index is 2.48. The van der Waals surface area contributed by atoms with Gasteiger partial charge in [-0.15, -0.1) is 0 Å². The molecule has 1 rings (SSSR count). The quantitative estimate of drug-likeness (QED) is 0.794. The summed E-state index contributed by atoms with van der Waals surface area (Å²) in [7, 11) is 4.09. The van der Waals surface area contributed by atoms with E-state index in [4.69, 9.17) is 0 Å². The molecule has 0 saturated heterocycles. The molecule has 0 aliphatic heterocycles. The third kappa shape index (κ3) is 6.24. The number of aromatic nitrogens is 1. The number of nitrogens with zero attached hydrogens (tertiary/aromatic N) is 2. The Morgan fingerprint density at radius 1 is 1.20 bits per heavy atom. The summed E-state index contributed by atoms with van der Waals surface area (Å²) in [6, 6.07) is 4.41. The molecule has 1 N–H and O–H groups in total. The first-order valence-corrected chi connectivity index (χ1v) is 7.45. The fourth-order valence-electron chi connectivity index (χ4n) is 2.49. The minimum absolute atomic E-state index is 0.138. The van der Waals surface area contributed by atoms with E-state index in [0.717, 1.165) is 13.0 Å². The van der Waals surface area contributed by atoms with E-state index in [1.54, 1.807) is 0 Å². The Morgan fingerprint density at radius 3 is 2.30 bits per heavy atom. The van der Waals surface area contributed by atoms with E-state index in [2.05, 4.69) is 35.6 Å².